The summed E-state index contributed by atoms with van der Waals surface area (Å²) in [5.74, 6) is 0.0999. The minimum absolute atomic E-state index is 0.0483. The van der Waals surface area contributed by atoms with Gasteiger partial charge in [-0.3, -0.25) is 4.79 Å². The molecule has 0 radical (unpaired) electrons. The molecule has 1 saturated heterocycles. The predicted molar refractivity (Wildman–Crippen MR) is 82.8 cm³/mol. The normalized spacial score (nSPS) is 15.9. The third-order valence-corrected chi connectivity index (χ3v) is 3.99. The number of rotatable bonds is 3. The first kappa shape index (κ1) is 14.1. The van der Waals surface area contributed by atoms with Crippen LogP contribution in [0.4, 0.5) is 5.69 Å². The number of carbonyl (C=O) groups excluding carboxylic acids is 1. The highest BCUT2D eigenvalue weighted by Gasteiger charge is 2.22. The van der Waals surface area contributed by atoms with Gasteiger partial charge in [0, 0.05) is 18.3 Å². The van der Waals surface area contributed by atoms with E-state index in [0.29, 0.717) is 16.4 Å². The quantitative estimate of drug-likeness (QED) is 0.916. The Kier molecular flexibility index (Phi) is 4.22. The summed E-state index contributed by atoms with van der Waals surface area (Å²) < 4.78 is 1.67. The van der Waals surface area contributed by atoms with Crippen LogP contribution in [-0.4, -0.2) is 28.8 Å². The summed E-state index contributed by atoms with van der Waals surface area (Å²) >= 11 is 6.27. The van der Waals surface area contributed by atoms with Crippen molar-refractivity contribution in [1.29, 1.82) is 0 Å². The number of hydrogen-bond donors (Lipinski definition) is 2. The first-order chi connectivity index (χ1) is 10.3. The molecular weight excluding hydrogens is 288 g/mol. The van der Waals surface area contributed by atoms with E-state index in [1.807, 2.05) is 18.2 Å². The highest BCUT2D eigenvalue weighted by atomic mass is 35.5. The fourth-order valence-corrected chi connectivity index (χ4v) is 2.83. The van der Waals surface area contributed by atoms with Crippen molar-refractivity contribution in [2.75, 3.05) is 18.4 Å². The summed E-state index contributed by atoms with van der Waals surface area (Å²) in [6.45, 7) is 1.78. The van der Waals surface area contributed by atoms with Gasteiger partial charge >= 0.3 is 0 Å². The topological polar surface area (TPSA) is 59.0 Å². The van der Waals surface area contributed by atoms with E-state index in [0.717, 1.165) is 25.9 Å². The standard InChI is InChI=1S/C15H17ClN4O/c16-12-3-1-4-13(14(12)20-10-2-7-18-20)19-15(21)11-5-8-17-9-6-11/h1-4,7,10-11,17H,5-6,8-9H2,(H,19,21). The van der Waals surface area contributed by atoms with Gasteiger partial charge in [-0.25, -0.2) is 4.68 Å². The third kappa shape index (κ3) is 3.09. The Labute approximate surface area is 128 Å². The minimum Gasteiger partial charge on any atom is -0.324 e. The van der Waals surface area contributed by atoms with Gasteiger partial charge in [-0.2, -0.15) is 5.10 Å². The van der Waals surface area contributed by atoms with E-state index in [1.165, 1.54) is 0 Å². The lowest BCUT2D eigenvalue weighted by Crippen LogP contribution is -2.34. The molecule has 3 rings (SSSR count). The number of hydrogen-bond acceptors (Lipinski definition) is 3. The molecule has 2 N–H and O–H groups in total. The van der Waals surface area contributed by atoms with Gasteiger partial charge < -0.3 is 10.6 Å². The van der Waals surface area contributed by atoms with Crippen molar-refractivity contribution in [3.63, 3.8) is 0 Å². The molecule has 1 aromatic carbocycles. The lowest BCUT2D eigenvalue weighted by atomic mass is 9.97. The van der Waals surface area contributed by atoms with Gasteiger partial charge in [0.25, 0.3) is 0 Å². The third-order valence-electron chi connectivity index (χ3n) is 3.69. The first-order valence-electron chi connectivity index (χ1n) is 7.06. The highest BCUT2D eigenvalue weighted by molar-refractivity contribution is 6.33. The molecule has 110 valence electrons. The minimum atomic E-state index is 0.0483. The summed E-state index contributed by atoms with van der Waals surface area (Å²) in [4.78, 5) is 12.4. The van der Waals surface area contributed by atoms with Gasteiger partial charge in [0.15, 0.2) is 0 Å². The molecule has 0 atom stereocenters. The number of nitrogens with zero attached hydrogens (tertiary/aromatic N) is 2. The SMILES string of the molecule is O=C(Nc1cccc(Cl)c1-n1cccn1)C1CCNCC1. The second-order valence-corrected chi connectivity index (χ2v) is 5.51. The molecule has 0 unspecified atom stereocenters. The molecule has 5 nitrogen and oxygen atoms in total. The van der Waals surface area contributed by atoms with E-state index < -0.39 is 0 Å². The van der Waals surface area contributed by atoms with Crippen LogP contribution >= 0.6 is 11.6 Å². The van der Waals surface area contributed by atoms with Crippen LogP contribution in [0.2, 0.25) is 5.02 Å². The average Bonchev–Trinajstić information content (AvgIpc) is 3.02. The highest BCUT2D eigenvalue weighted by Crippen LogP contribution is 2.28. The van der Waals surface area contributed by atoms with Crippen molar-refractivity contribution in [2.24, 2.45) is 5.92 Å². The van der Waals surface area contributed by atoms with Crippen molar-refractivity contribution in [2.45, 2.75) is 12.8 Å². The predicted octanol–water partition coefficient (Wildman–Crippen LogP) is 2.46. The fourth-order valence-electron chi connectivity index (χ4n) is 2.57. The van der Waals surface area contributed by atoms with Crippen LogP contribution in [0.1, 0.15) is 12.8 Å². The Morgan fingerprint density at radius 2 is 2.14 bits per heavy atom. The molecule has 21 heavy (non-hydrogen) atoms. The zero-order valence-electron chi connectivity index (χ0n) is 11.6. The van der Waals surface area contributed by atoms with Crippen molar-refractivity contribution < 1.29 is 4.79 Å². The zero-order valence-corrected chi connectivity index (χ0v) is 12.3. The molecule has 2 aromatic rings. The summed E-state index contributed by atoms with van der Waals surface area (Å²) in [6.07, 6.45) is 5.22. The molecule has 6 heteroatoms. The molecule has 0 saturated carbocycles. The summed E-state index contributed by atoms with van der Waals surface area (Å²) in [6, 6.07) is 7.29. The summed E-state index contributed by atoms with van der Waals surface area (Å²) in [5.41, 5.74) is 1.39. The Hall–Kier alpha value is -1.85. The second kappa shape index (κ2) is 6.28. The molecule has 1 aliphatic heterocycles. The van der Waals surface area contributed by atoms with E-state index in [4.69, 9.17) is 11.6 Å². The summed E-state index contributed by atoms with van der Waals surface area (Å²) in [5, 5.41) is 11.0. The number of amides is 1. The molecule has 0 aliphatic carbocycles. The molecule has 0 spiro atoms. The molecule has 0 bridgehead atoms. The van der Waals surface area contributed by atoms with Crippen LogP contribution < -0.4 is 10.6 Å². The smallest absolute Gasteiger partial charge is 0.227 e. The Bertz CT molecular complexity index is 621. The van der Waals surface area contributed by atoms with Gasteiger partial charge in [0.1, 0.15) is 5.69 Å². The number of para-hydroxylation sites is 1. The van der Waals surface area contributed by atoms with Crippen molar-refractivity contribution >= 4 is 23.2 Å². The van der Waals surface area contributed by atoms with E-state index in [2.05, 4.69) is 15.7 Å². The number of anilines is 1. The van der Waals surface area contributed by atoms with Crippen LogP contribution in [0.15, 0.2) is 36.7 Å². The average molecular weight is 305 g/mol. The number of aromatic nitrogens is 2. The number of nitrogens with one attached hydrogen (secondary N) is 2. The molecule has 1 fully saturated rings. The summed E-state index contributed by atoms with van der Waals surface area (Å²) in [7, 11) is 0. The number of carbonyl (C=O) groups is 1. The van der Waals surface area contributed by atoms with Gasteiger partial charge in [-0.15, -0.1) is 0 Å². The maximum absolute atomic E-state index is 12.4. The largest absolute Gasteiger partial charge is 0.324 e. The van der Waals surface area contributed by atoms with E-state index in [-0.39, 0.29) is 11.8 Å². The van der Waals surface area contributed by atoms with Crippen LogP contribution in [0.25, 0.3) is 5.69 Å². The Balaban J connectivity index is 1.85. The number of benzene rings is 1. The van der Waals surface area contributed by atoms with Crippen LogP contribution in [0, 0.1) is 5.92 Å². The van der Waals surface area contributed by atoms with Crippen LogP contribution in [0.3, 0.4) is 0 Å². The van der Waals surface area contributed by atoms with Gasteiger partial charge in [-0.05, 0) is 44.1 Å². The van der Waals surface area contributed by atoms with Gasteiger partial charge in [-0.1, -0.05) is 17.7 Å². The van der Waals surface area contributed by atoms with E-state index >= 15 is 0 Å². The molecule has 1 amide bonds. The van der Waals surface area contributed by atoms with Crippen molar-refractivity contribution in [3.05, 3.63) is 41.7 Å². The Morgan fingerprint density at radius 1 is 1.33 bits per heavy atom. The van der Waals surface area contributed by atoms with Crippen LogP contribution in [0.5, 0.6) is 0 Å². The molecule has 2 heterocycles. The second-order valence-electron chi connectivity index (χ2n) is 5.10. The van der Waals surface area contributed by atoms with E-state index in [1.54, 1.807) is 23.1 Å². The molecule has 1 aromatic heterocycles. The lowest BCUT2D eigenvalue weighted by Gasteiger charge is -2.22. The lowest BCUT2D eigenvalue weighted by molar-refractivity contribution is -0.120. The maximum Gasteiger partial charge on any atom is 0.227 e. The Morgan fingerprint density at radius 3 is 2.86 bits per heavy atom. The number of halogens is 1. The molecule has 1 aliphatic rings. The van der Waals surface area contributed by atoms with Crippen molar-refractivity contribution in [1.82, 2.24) is 15.1 Å². The number of piperidine rings is 1. The fraction of sp³-hybridized carbons (Fsp3) is 0.333. The van der Waals surface area contributed by atoms with Gasteiger partial charge in [0.2, 0.25) is 5.91 Å². The molecular formula is C15H17ClN4O. The van der Waals surface area contributed by atoms with E-state index in [9.17, 15) is 4.79 Å². The maximum atomic E-state index is 12.4. The monoisotopic (exact) mass is 304 g/mol. The van der Waals surface area contributed by atoms with Crippen LogP contribution in [-0.2, 0) is 4.79 Å². The van der Waals surface area contributed by atoms with Gasteiger partial charge in [0.05, 0.1) is 10.7 Å². The van der Waals surface area contributed by atoms with Crippen molar-refractivity contribution in [3.8, 4) is 5.69 Å². The zero-order chi connectivity index (χ0) is 14.7. The first-order valence-corrected chi connectivity index (χ1v) is 7.43.